The molecule has 9 rings (SSSR count). The Morgan fingerprint density at radius 2 is 1.09 bits per heavy atom. The summed E-state index contributed by atoms with van der Waals surface area (Å²) in [6.07, 6.45) is -34.2. The van der Waals surface area contributed by atoms with Crippen LogP contribution in [0.3, 0.4) is 0 Å². The summed E-state index contributed by atoms with van der Waals surface area (Å²) in [4.78, 5) is 0. The second-order valence-electron chi connectivity index (χ2n) is 28.6. The highest BCUT2D eigenvalue weighted by Crippen LogP contribution is 2.75. The van der Waals surface area contributed by atoms with Gasteiger partial charge in [-0.2, -0.15) is 0 Å². The van der Waals surface area contributed by atoms with Gasteiger partial charge in [0.2, 0.25) is 0 Å². The van der Waals surface area contributed by atoms with E-state index in [4.69, 9.17) is 47.4 Å². The molecule has 34 atom stereocenters. The molecule has 5 saturated heterocycles. The molecule has 0 bridgehead atoms. The van der Waals surface area contributed by atoms with E-state index < -0.39 is 215 Å². The lowest BCUT2D eigenvalue weighted by Gasteiger charge is -2.67. The molecule has 0 aromatic heterocycles. The molecule has 0 spiro atoms. The Kier molecular flexibility index (Phi) is 22.1. The van der Waals surface area contributed by atoms with Gasteiger partial charge in [0.25, 0.3) is 0 Å². The van der Waals surface area contributed by atoms with Crippen LogP contribution in [0.5, 0.6) is 0 Å². The lowest BCUT2D eigenvalue weighted by molar-refractivity contribution is -0.390. The van der Waals surface area contributed by atoms with Crippen molar-refractivity contribution in [3.05, 3.63) is 11.6 Å². The molecule has 3 unspecified atom stereocenters. The Hall–Kier alpha value is -1.38. The number of rotatable bonds is 20. The van der Waals surface area contributed by atoms with Crippen molar-refractivity contribution in [3.8, 4) is 0 Å². The second-order valence-corrected chi connectivity index (χ2v) is 28.6. The van der Waals surface area contributed by atoms with E-state index in [2.05, 4.69) is 33.8 Å². The van der Waals surface area contributed by atoms with Crippen molar-refractivity contribution in [2.45, 2.75) is 285 Å². The van der Waals surface area contributed by atoms with Crippen molar-refractivity contribution in [1.29, 1.82) is 0 Å². The van der Waals surface area contributed by atoms with Crippen LogP contribution >= 0.6 is 0 Å². The quantitative estimate of drug-likeness (QED) is 0.0512. The molecule has 5 heterocycles. The third-order valence-electron chi connectivity index (χ3n) is 22.8. The van der Waals surface area contributed by atoms with E-state index in [1.807, 2.05) is 13.8 Å². The Morgan fingerprint density at radius 1 is 0.557 bits per heavy atom. The fourth-order valence-corrected chi connectivity index (χ4v) is 17.1. The number of fused-ring (bicyclic) bond motifs is 5. The van der Waals surface area contributed by atoms with Crippen LogP contribution in [0.2, 0.25) is 0 Å². The van der Waals surface area contributed by atoms with E-state index in [0.29, 0.717) is 32.1 Å². The third kappa shape index (κ3) is 12.8. The van der Waals surface area contributed by atoms with Gasteiger partial charge in [-0.1, -0.05) is 53.2 Å². The number of aliphatic hydroxyl groups is 18. The summed E-state index contributed by atoms with van der Waals surface area (Å²) in [5.74, 6) is 0.0600. The molecule has 88 heavy (non-hydrogen) atoms. The lowest BCUT2D eigenvalue weighted by atomic mass is 9.38. The molecule has 3 saturated carbocycles. The van der Waals surface area contributed by atoms with Crippen LogP contribution in [0, 0.1) is 45.3 Å². The van der Waals surface area contributed by atoms with Crippen LogP contribution in [0.1, 0.15) is 113 Å². The smallest absolute Gasteiger partial charge is 0.187 e. The Balaban J connectivity index is 0.884. The van der Waals surface area contributed by atoms with Crippen molar-refractivity contribution < 1.29 is 139 Å². The summed E-state index contributed by atoms with van der Waals surface area (Å²) >= 11 is 0. The topological polar surface area (TPSA) is 456 Å². The van der Waals surface area contributed by atoms with Crippen LogP contribution in [-0.2, 0) is 47.4 Å². The van der Waals surface area contributed by atoms with Crippen LogP contribution in [-0.4, -0.2) is 296 Å². The van der Waals surface area contributed by atoms with E-state index in [1.165, 1.54) is 13.8 Å². The molecule has 0 aromatic rings. The van der Waals surface area contributed by atoms with Gasteiger partial charge in [0, 0.05) is 17.3 Å². The lowest BCUT2D eigenvalue weighted by Crippen LogP contribution is -2.66. The van der Waals surface area contributed by atoms with Gasteiger partial charge in [0.1, 0.15) is 104 Å². The van der Waals surface area contributed by atoms with Crippen LogP contribution in [0.4, 0.5) is 0 Å². The first kappa shape index (κ1) is 70.9. The second kappa shape index (κ2) is 27.4. The number of allylic oxidation sites excluding steroid dienone is 1. The molecule has 0 amide bonds. The molecular formula is C60H102O28. The van der Waals surface area contributed by atoms with E-state index in [0.717, 1.165) is 18.4 Å². The van der Waals surface area contributed by atoms with Crippen LogP contribution in [0.25, 0.3) is 0 Å². The maximum Gasteiger partial charge on any atom is 0.187 e. The van der Waals surface area contributed by atoms with Crippen molar-refractivity contribution in [2.75, 3.05) is 33.0 Å². The monoisotopic (exact) mass is 1270 g/mol. The molecule has 28 nitrogen and oxygen atoms in total. The highest BCUT2D eigenvalue weighted by Gasteiger charge is 2.70. The van der Waals surface area contributed by atoms with E-state index in [-0.39, 0.29) is 47.3 Å². The summed E-state index contributed by atoms with van der Waals surface area (Å²) in [5, 5.41) is 195. The highest BCUT2D eigenvalue weighted by molar-refractivity contribution is 5.32. The molecule has 8 fully saturated rings. The summed E-state index contributed by atoms with van der Waals surface area (Å²) < 4.78 is 60.1. The van der Waals surface area contributed by atoms with E-state index >= 15 is 0 Å². The zero-order chi connectivity index (χ0) is 64.7. The number of aliphatic hydroxyl groups excluding tert-OH is 17. The van der Waals surface area contributed by atoms with Gasteiger partial charge >= 0.3 is 0 Å². The number of ether oxygens (including phenoxy) is 10. The molecule has 28 heteroatoms. The zero-order valence-electron chi connectivity index (χ0n) is 51.5. The Morgan fingerprint density at radius 3 is 1.68 bits per heavy atom. The molecular weight excluding hydrogens is 1170 g/mol. The molecule has 4 aliphatic carbocycles. The summed E-state index contributed by atoms with van der Waals surface area (Å²) in [5.41, 5.74) is -2.38. The first-order chi connectivity index (χ1) is 41.2. The fourth-order valence-electron chi connectivity index (χ4n) is 17.1. The summed E-state index contributed by atoms with van der Waals surface area (Å²) in [7, 11) is 0. The summed E-state index contributed by atoms with van der Waals surface area (Å²) in [6, 6.07) is 0. The average Bonchev–Trinajstić information content (AvgIpc) is 1.31. The first-order valence-corrected chi connectivity index (χ1v) is 31.5. The Bertz CT molecular complexity index is 2310. The third-order valence-corrected chi connectivity index (χ3v) is 22.8. The van der Waals surface area contributed by atoms with Crippen molar-refractivity contribution in [3.63, 3.8) is 0 Å². The van der Waals surface area contributed by atoms with Gasteiger partial charge in [-0.25, -0.2) is 0 Å². The highest BCUT2D eigenvalue weighted by atomic mass is 16.8. The molecule has 5 aliphatic heterocycles. The van der Waals surface area contributed by atoms with Crippen molar-refractivity contribution >= 4 is 0 Å². The fraction of sp³-hybridized carbons (Fsp3) is 0.967. The zero-order valence-corrected chi connectivity index (χ0v) is 51.5. The predicted octanol–water partition coefficient (Wildman–Crippen LogP) is -4.38. The SMILES string of the molecule is C[C@H](CC[C@@H](O[C@@H]1O[C@H](CO)[C@@H](O[C@@H]2O[C@H](CO)[C@@H](O)[C@H](O)[C@H]2O)[C@H](O)[C@H]1O[C@@H]1O[C@H](CO)C[C@H](O)[C@H]1O)C(C)(C)O)C1CC[C@@]2(C)C3CC=C4C(CC[C@H](O[C@@H]5O[C@H](CO[C@@H]6O[C@H](CO)[C@@H](O)[C@H](O)[C@H]6O)[C@@H](O)[C@H](O)[C@H]5O)C4(C)C)[C@]3(C)[C@H](O)C[C@]12C. The van der Waals surface area contributed by atoms with Gasteiger partial charge in [-0.3, -0.25) is 0 Å². The maximum atomic E-state index is 12.8. The van der Waals surface area contributed by atoms with Crippen LogP contribution in [0.15, 0.2) is 11.6 Å². The molecule has 0 aromatic carbocycles. The largest absolute Gasteiger partial charge is 0.394 e. The van der Waals surface area contributed by atoms with Crippen molar-refractivity contribution in [1.82, 2.24) is 0 Å². The molecule has 18 N–H and O–H groups in total. The average molecular weight is 1270 g/mol. The van der Waals surface area contributed by atoms with Crippen molar-refractivity contribution in [2.24, 2.45) is 45.3 Å². The summed E-state index contributed by atoms with van der Waals surface area (Å²) in [6.45, 7) is 12.8. The molecule has 0 radical (unpaired) electrons. The molecule has 510 valence electrons. The first-order valence-electron chi connectivity index (χ1n) is 31.5. The van der Waals surface area contributed by atoms with E-state index in [9.17, 15) is 91.9 Å². The molecule has 9 aliphatic rings. The maximum absolute atomic E-state index is 12.8. The number of hydrogen-bond donors (Lipinski definition) is 18. The minimum atomic E-state index is -1.92. The standard InChI is InChI=1S/C60H102O28/c1-24(9-13-37(57(4,5)78)86-55-50(88-52-38(67)29(65)17-25(19-61)80-52)48(77)49(32(22-64)83-55)87-54-47(76)43(72)40(69)31(21-63)82-54)26-15-16-58(6)34-12-10-27-28(60(34,8)35(66)18-59(26,58)7)11-14-36(56(27,2)3)85-53-46(75)44(73)41(70)33(84-53)23-79-51-45(74)42(71)39(68)30(20-62)81-51/h10,24-26,28-55,61-78H,9,11-23H2,1-8H3/t24-,25+,26?,28?,29+,30-,31-,32-,33-,34?,35-,36+,37-,38-,39-,40-,41-,42+,43+,44+,45-,46-,47-,48+,49-,50-,51-,52+,53+,54+,55+,58+,59-,60+/m1/s1. The minimum Gasteiger partial charge on any atom is -0.394 e. The van der Waals surface area contributed by atoms with E-state index in [1.54, 1.807) is 0 Å². The van der Waals surface area contributed by atoms with Gasteiger partial charge in [0.05, 0.1) is 69.2 Å². The van der Waals surface area contributed by atoms with Crippen LogP contribution < -0.4 is 0 Å². The van der Waals surface area contributed by atoms with Gasteiger partial charge in [0.15, 0.2) is 31.5 Å². The normalized spacial score (nSPS) is 51.4. The predicted molar refractivity (Wildman–Crippen MR) is 299 cm³/mol. The van der Waals surface area contributed by atoms with Gasteiger partial charge in [-0.05, 0) is 99.7 Å². The number of hydrogen-bond acceptors (Lipinski definition) is 28. The van der Waals surface area contributed by atoms with Gasteiger partial charge < -0.3 is 139 Å². The Labute approximate surface area is 512 Å². The van der Waals surface area contributed by atoms with Gasteiger partial charge in [-0.15, -0.1) is 0 Å². The minimum absolute atomic E-state index is 0.0111.